The molecule has 1 fully saturated rings. The first-order chi connectivity index (χ1) is 11.9. The fourth-order valence-electron chi connectivity index (χ4n) is 3.04. The van der Waals surface area contributed by atoms with Crippen LogP contribution in [0.15, 0.2) is 39.8 Å². The quantitative estimate of drug-likeness (QED) is 0.525. The number of nitroso groups, excluding NO2 is 1. The molecule has 7 nitrogen and oxygen atoms in total. The van der Waals surface area contributed by atoms with Gasteiger partial charge in [-0.1, -0.05) is 25.1 Å². The zero-order chi connectivity index (χ0) is 18.5. The number of nitrogens with zero attached hydrogens (tertiary/aromatic N) is 2. The van der Waals surface area contributed by atoms with Gasteiger partial charge in [0.1, 0.15) is 6.04 Å². The van der Waals surface area contributed by atoms with E-state index in [2.05, 4.69) is 4.58 Å². The molecular formula is C15H20N2O5S3. The fourth-order valence-corrected chi connectivity index (χ4v) is 7.13. The minimum Gasteiger partial charge on any atom is -0.480 e. The molecule has 2 rings (SSSR count). The highest BCUT2D eigenvalue weighted by molar-refractivity contribution is 8.01. The van der Waals surface area contributed by atoms with E-state index in [-0.39, 0.29) is 11.4 Å². The Labute approximate surface area is 155 Å². The summed E-state index contributed by atoms with van der Waals surface area (Å²) in [6.45, 7) is 1.59. The third-order valence-corrected chi connectivity index (χ3v) is 8.25. The Morgan fingerprint density at radius 3 is 2.44 bits per heavy atom. The molecule has 1 atom stereocenters. The van der Waals surface area contributed by atoms with E-state index in [1.165, 1.54) is 12.1 Å². The maximum atomic E-state index is 13.0. The van der Waals surface area contributed by atoms with Crippen molar-refractivity contribution in [3.05, 3.63) is 35.2 Å². The van der Waals surface area contributed by atoms with Crippen LogP contribution >= 0.6 is 23.7 Å². The van der Waals surface area contributed by atoms with Gasteiger partial charge in [0.15, 0.2) is 0 Å². The Hall–Kier alpha value is -1.10. The van der Waals surface area contributed by atoms with Crippen LogP contribution in [0, 0.1) is 4.91 Å². The van der Waals surface area contributed by atoms with Crippen molar-refractivity contribution in [1.29, 1.82) is 0 Å². The number of thioether (sulfide) groups is 1. The maximum absolute atomic E-state index is 13.0. The van der Waals surface area contributed by atoms with Crippen molar-refractivity contribution in [3.63, 3.8) is 0 Å². The van der Waals surface area contributed by atoms with Gasteiger partial charge in [0.05, 0.1) is 9.64 Å². The van der Waals surface area contributed by atoms with Gasteiger partial charge in [0.25, 0.3) is 0 Å². The summed E-state index contributed by atoms with van der Waals surface area (Å²) in [4.78, 5) is 23.1. The standard InChI is InChI=1S/C15H20N2O5S3/c1-2-17(25(21,22)12-6-4-3-5-7-12)13(14(18)19)15(24-16-20)8-10-23-11-9-15/h3-7,13H,2,8-11H2,1H3,(H,18,19)/t13-/m1/s1. The van der Waals surface area contributed by atoms with Gasteiger partial charge in [-0.3, -0.25) is 4.79 Å². The van der Waals surface area contributed by atoms with Crippen molar-refractivity contribution < 1.29 is 18.3 Å². The summed E-state index contributed by atoms with van der Waals surface area (Å²) in [5.74, 6) is 0.0641. The van der Waals surface area contributed by atoms with Gasteiger partial charge in [0.2, 0.25) is 10.0 Å². The van der Waals surface area contributed by atoms with Crippen LogP contribution in [0.5, 0.6) is 0 Å². The molecule has 1 aliphatic heterocycles. The van der Waals surface area contributed by atoms with Crippen LogP contribution in [0.2, 0.25) is 0 Å². The molecule has 1 heterocycles. The molecule has 1 aromatic rings. The molecule has 138 valence electrons. The average molecular weight is 405 g/mol. The number of carboxylic acids is 1. The molecule has 0 amide bonds. The van der Waals surface area contributed by atoms with Crippen molar-refractivity contribution in [2.45, 2.75) is 35.4 Å². The van der Waals surface area contributed by atoms with Crippen LogP contribution in [0.4, 0.5) is 0 Å². The summed E-state index contributed by atoms with van der Waals surface area (Å²) >= 11 is 2.32. The third kappa shape index (κ3) is 4.18. The lowest BCUT2D eigenvalue weighted by atomic mass is 9.92. The number of likely N-dealkylation sites (N-methyl/N-ethyl adjacent to an activating group) is 1. The first kappa shape index (κ1) is 20.2. The van der Waals surface area contributed by atoms with E-state index in [1.54, 1.807) is 36.9 Å². The Morgan fingerprint density at radius 1 is 1.36 bits per heavy atom. The summed E-state index contributed by atoms with van der Waals surface area (Å²) in [6, 6.07) is 6.38. The molecule has 25 heavy (non-hydrogen) atoms. The van der Waals surface area contributed by atoms with Gasteiger partial charge in [-0.05, 0) is 36.5 Å². The van der Waals surface area contributed by atoms with Gasteiger partial charge in [-0.15, -0.1) is 4.91 Å². The zero-order valence-corrected chi connectivity index (χ0v) is 16.1. The third-order valence-electron chi connectivity index (χ3n) is 4.24. The molecule has 0 spiro atoms. The number of hydrogen-bond acceptors (Lipinski definition) is 7. The summed E-state index contributed by atoms with van der Waals surface area (Å²) < 4.78 is 28.9. The van der Waals surface area contributed by atoms with Gasteiger partial charge in [0, 0.05) is 23.1 Å². The topological polar surface area (TPSA) is 104 Å². The molecule has 0 bridgehead atoms. The molecule has 1 aliphatic rings. The lowest BCUT2D eigenvalue weighted by Crippen LogP contribution is -2.58. The molecule has 0 aromatic heterocycles. The number of carboxylic acid groups (broad SMARTS) is 1. The molecule has 0 aliphatic carbocycles. The van der Waals surface area contributed by atoms with E-state index in [0.29, 0.717) is 36.3 Å². The van der Waals surface area contributed by atoms with Gasteiger partial charge >= 0.3 is 5.97 Å². The Morgan fingerprint density at radius 2 is 1.96 bits per heavy atom. The molecule has 10 heteroatoms. The molecule has 0 unspecified atom stereocenters. The predicted molar refractivity (Wildman–Crippen MR) is 100 cm³/mol. The maximum Gasteiger partial charge on any atom is 0.323 e. The SMILES string of the molecule is CCN([C@H](C(=O)O)C1(SN=O)CCSCC1)S(=O)(=O)c1ccccc1. The zero-order valence-electron chi connectivity index (χ0n) is 13.7. The van der Waals surface area contributed by atoms with Crippen molar-refractivity contribution >= 4 is 39.7 Å². The van der Waals surface area contributed by atoms with Gasteiger partial charge in [-0.25, -0.2) is 8.42 Å². The highest BCUT2D eigenvalue weighted by atomic mass is 32.2. The minimum absolute atomic E-state index is 0.0114. The van der Waals surface area contributed by atoms with Crippen LogP contribution in [-0.4, -0.2) is 52.6 Å². The normalized spacial score (nSPS) is 18.6. The van der Waals surface area contributed by atoms with Crippen molar-refractivity contribution in [2.24, 2.45) is 4.58 Å². The van der Waals surface area contributed by atoms with E-state index in [9.17, 15) is 23.2 Å². The molecule has 0 radical (unpaired) electrons. The summed E-state index contributed by atoms with van der Waals surface area (Å²) in [6.07, 6.45) is 0.817. The summed E-state index contributed by atoms with van der Waals surface area (Å²) in [7, 11) is -4.01. The van der Waals surface area contributed by atoms with Gasteiger partial charge < -0.3 is 5.11 Å². The predicted octanol–water partition coefficient (Wildman–Crippen LogP) is 2.83. The minimum atomic E-state index is -4.01. The fraction of sp³-hybridized carbons (Fsp3) is 0.533. The highest BCUT2D eigenvalue weighted by Gasteiger charge is 2.52. The molecule has 1 saturated heterocycles. The largest absolute Gasteiger partial charge is 0.480 e. The smallest absolute Gasteiger partial charge is 0.323 e. The van der Waals surface area contributed by atoms with E-state index >= 15 is 0 Å². The number of sulfonamides is 1. The Kier molecular flexibility index (Phi) is 6.89. The highest BCUT2D eigenvalue weighted by Crippen LogP contribution is 2.45. The number of benzene rings is 1. The summed E-state index contributed by atoms with van der Waals surface area (Å²) in [5.41, 5.74) is 0. The van der Waals surface area contributed by atoms with Crippen molar-refractivity contribution in [3.8, 4) is 0 Å². The second-order valence-corrected chi connectivity index (χ2v) is 9.87. The van der Waals surface area contributed by atoms with E-state index in [1.807, 2.05) is 0 Å². The molecule has 1 N–H and O–H groups in total. The van der Waals surface area contributed by atoms with E-state index in [4.69, 9.17) is 0 Å². The van der Waals surface area contributed by atoms with Gasteiger partial charge in [-0.2, -0.15) is 16.1 Å². The lowest BCUT2D eigenvalue weighted by molar-refractivity contribution is -0.142. The second-order valence-electron chi connectivity index (χ2n) is 5.61. The van der Waals surface area contributed by atoms with Crippen LogP contribution in [0.1, 0.15) is 19.8 Å². The van der Waals surface area contributed by atoms with Crippen LogP contribution in [0.3, 0.4) is 0 Å². The number of carbonyl (C=O) groups is 1. The Bertz CT molecular complexity index is 705. The average Bonchev–Trinajstić information content (AvgIpc) is 2.60. The second kappa shape index (κ2) is 8.52. The van der Waals surface area contributed by atoms with Crippen molar-refractivity contribution in [1.82, 2.24) is 4.31 Å². The molecular weight excluding hydrogens is 384 g/mol. The lowest BCUT2D eigenvalue weighted by Gasteiger charge is -2.42. The molecule has 0 saturated carbocycles. The van der Waals surface area contributed by atoms with E-state index < -0.39 is 26.8 Å². The monoisotopic (exact) mass is 404 g/mol. The van der Waals surface area contributed by atoms with Crippen molar-refractivity contribution in [2.75, 3.05) is 18.1 Å². The first-order valence-electron chi connectivity index (χ1n) is 7.77. The molecule has 1 aromatic carbocycles. The van der Waals surface area contributed by atoms with E-state index in [0.717, 1.165) is 4.31 Å². The Balaban J connectivity index is 2.52. The number of rotatable bonds is 8. The van der Waals surface area contributed by atoms with Crippen LogP contribution in [-0.2, 0) is 14.8 Å². The summed E-state index contributed by atoms with van der Waals surface area (Å²) in [5, 5.41) is 9.86. The number of hydrogen-bond donors (Lipinski definition) is 1. The van der Waals surface area contributed by atoms with Crippen LogP contribution in [0.25, 0.3) is 0 Å². The van der Waals surface area contributed by atoms with Crippen LogP contribution < -0.4 is 0 Å². The first-order valence-corrected chi connectivity index (χ1v) is 11.1. The number of aliphatic carboxylic acids is 1.